The molecule has 3 nitrogen and oxygen atoms in total. The van der Waals surface area contributed by atoms with E-state index in [9.17, 15) is 5.11 Å². The minimum Gasteiger partial charge on any atom is -0.489 e. The van der Waals surface area contributed by atoms with E-state index in [4.69, 9.17) is 27.9 Å². The SMILES string of the molecule is CSCCNCC(O)COc1cc(Cl)ccc1Cl. The average molecular weight is 310 g/mol. The van der Waals surface area contributed by atoms with E-state index in [0.29, 0.717) is 22.3 Å². The Hall–Kier alpha value is -0.130. The highest BCUT2D eigenvalue weighted by Crippen LogP contribution is 2.27. The Morgan fingerprint density at radius 2 is 2.22 bits per heavy atom. The Morgan fingerprint density at radius 3 is 2.94 bits per heavy atom. The van der Waals surface area contributed by atoms with E-state index in [1.165, 1.54) is 0 Å². The summed E-state index contributed by atoms with van der Waals surface area (Å²) in [5.74, 6) is 1.51. The van der Waals surface area contributed by atoms with Crippen LogP contribution in [0.1, 0.15) is 0 Å². The molecule has 1 unspecified atom stereocenters. The van der Waals surface area contributed by atoms with Crippen molar-refractivity contribution < 1.29 is 9.84 Å². The lowest BCUT2D eigenvalue weighted by Crippen LogP contribution is -2.32. The third-order valence-corrected chi connectivity index (χ3v) is 3.35. The van der Waals surface area contributed by atoms with E-state index in [2.05, 4.69) is 5.32 Å². The zero-order valence-corrected chi connectivity index (χ0v) is 12.5. The van der Waals surface area contributed by atoms with Gasteiger partial charge in [-0.3, -0.25) is 0 Å². The fraction of sp³-hybridized carbons (Fsp3) is 0.500. The Balaban J connectivity index is 2.29. The zero-order chi connectivity index (χ0) is 13.4. The van der Waals surface area contributed by atoms with Crippen LogP contribution in [0.5, 0.6) is 5.75 Å². The Kier molecular flexibility index (Phi) is 7.86. The van der Waals surface area contributed by atoms with Gasteiger partial charge in [0.25, 0.3) is 0 Å². The summed E-state index contributed by atoms with van der Waals surface area (Å²) in [6, 6.07) is 5.00. The van der Waals surface area contributed by atoms with Crippen LogP contribution in [0.25, 0.3) is 0 Å². The Morgan fingerprint density at radius 1 is 1.44 bits per heavy atom. The van der Waals surface area contributed by atoms with Crippen LogP contribution >= 0.6 is 35.0 Å². The molecular formula is C12H17Cl2NO2S. The number of benzene rings is 1. The van der Waals surface area contributed by atoms with Gasteiger partial charge >= 0.3 is 0 Å². The molecule has 0 saturated heterocycles. The largest absolute Gasteiger partial charge is 0.489 e. The minimum atomic E-state index is -0.568. The molecule has 0 bridgehead atoms. The van der Waals surface area contributed by atoms with Crippen LogP contribution in [-0.2, 0) is 0 Å². The fourth-order valence-electron chi connectivity index (χ4n) is 1.28. The van der Waals surface area contributed by atoms with Crippen LogP contribution in [0, 0.1) is 0 Å². The smallest absolute Gasteiger partial charge is 0.139 e. The highest BCUT2D eigenvalue weighted by molar-refractivity contribution is 7.98. The van der Waals surface area contributed by atoms with Crippen molar-refractivity contribution >= 4 is 35.0 Å². The quantitative estimate of drug-likeness (QED) is 0.725. The summed E-state index contributed by atoms with van der Waals surface area (Å²) in [4.78, 5) is 0. The molecule has 1 rings (SSSR count). The van der Waals surface area contributed by atoms with Gasteiger partial charge in [-0.2, -0.15) is 11.8 Å². The molecule has 2 N–H and O–H groups in total. The third kappa shape index (κ3) is 6.16. The van der Waals surface area contributed by atoms with E-state index in [1.54, 1.807) is 30.0 Å². The van der Waals surface area contributed by atoms with E-state index in [-0.39, 0.29) is 6.61 Å². The standard InChI is InChI=1S/C12H17Cl2NO2S/c1-18-5-4-15-7-10(16)8-17-12-6-9(13)2-3-11(12)14/h2-3,6,10,15-16H,4-5,7-8H2,1H3. The second-order valence-corrected chi connectivity index (χ2v) is 5.57. The molecule has 1 atom stereocenters. The van der Waals surface area contributed by atoms with Gasteiger partial charge in [0, 0.05) is 29.9 Å². The first kappa shape index (κ1) is 15.9. The number of rotatable bonds is 8. The molecule has 0 aliphatic carbocycles. The molecule has 0 aromatic heterocycles. The molecule has 0 amide bonds. The van der Waals surface area contributed by atoms with Gasteiger partial charge in [-0.25, -0.2) is 0 Å². The number of ether oxygens (including phenoxy) is 1. The maximum Gasteiger partial charge on any atom is 0.139 e. The third-order valence-electron chi connectivity index (χ3n) is 2.19. The van der Waals surface area contributed by atoms with E-state index < -0.39 is 6.10 Å². The molecule has 6 heteroatoms. The van der Waals surface area contributed by atoms with E-state index in [1.807, 2.05) is 6.26 Å². The molecule has 0 saturated carbocycles. The van der Waals surface area contributed by atoms with Crippen LogP contribution < -0.4 is 10.1 Å². The first-order valence-corrected chi connectivity index (χ1v) is 7.74. The van der Waals surface area contributed by atoms with Crippen LogP contribution in [0.15, 0.2) is 18.2 Å². The molecule has 0 radical (unpaired) electrons. The number of aliphatic hydroxyl groups excluding tert-OH is 1. The van der Waals surface area contributed by atoms with Crippen molar-refractivity contribution in [2.45, 2.75) is 6.10 Å². The molecule has 0 heterocycles. The van der Waals surface area contributed by atoms with Gasteiger partial charge in [0.05, 0.1) is 5.02 Å². The monoisotopic (exact) mass is 309 g/mol. The maximum atomic E-state index is 9.70. The van der Waals surface area contributed by atoms with Crippen LogP contribution in [0.4, 0.5) is 0 Å². The minimum absolute atomic E-state index is 0.187. The van der Waals surface area contributed by atoms with Crippen molar-refractivity contribution in [3.63, 3.8) is 0 Å². The molecule has 1 aromatic carbocycles. The molecule has 1 aromatic rings. The highest BCUT2D eigenvalue weighted by atomic mass is 35.5. The van der Waals surface area contributed by atoms with Gasteiger partial charge in [0.1, 0.15) is 18.5 Å². The van der Waals surface area contributed by atoms with Crippen molar-refractivity contribution in [3.05, 3.63) is 28.2 Å². The van der Waals surface area contributed by atoms with Gasteiger partial charge in [-0.15, -0.1) is 0 Å². The fourth-order valence-corrected chi connectivity index (χ4v) is 1.96. The van der Waals surface area contributed by atoms with Gasteiger partial charge in [0.2, 0.25) is 0 Å². The predicted molar refractivity (Wildman–Crippen MR) is 79.2 cm³/mol. The lowest BCUT2D eigenvalue weighted by molar-refractivity contribution is 0.107. The first-order chi connectivity index (χ1) is 8.63. The van der Waals surface area contributed by atoms with Crippen LogP contribution in [0.2, 0.25) is 10.0 Å². The van der Waals surface area contributed by atoms with Crippen molar-refractivity contribution in [1.82, 2.24) is 5.32 Å². The second-order valence-electron chi connectivity index (χ2n) is 3.74. The summed E-state index contributed by atoms with van der Waals surface area (Å²) >= 11 is 13.5. The Bertz CT molecular complexity index is 366. The van der Waals surface area contributed by atoms with Gasteiger partial charge in [-0.1, -0.05) is 23.2 Å². The lowest BCUT2D eigenvalue weighted by atomic mass is 10.3. The van der Waals surface area contributed by atoms with Crippen molar-refractivity contribution in [1.29, 1.82) is 0 Å². The van der Waals surface area contributed by atoms with Crippen molar-refractivity contribution in [3.8, 4) is 5.75 Å². The van der Waals surface area contributed by atoms with Crippen LogP contribution in [0.3, 0.4) is 0 Å². The molecule has 0 aliphatic heterocycles. The summed E-state index contributed by atoms with van der Waals surface area (Å²) in [7, 11) is 0. The summed E-state index contributed by atoms with van der Waals surface area (Å²) in [5.41, 5.74) is 0. The molecular weight excluding hydrogens is 293 g/mol. The van der Waals surface area contributed by atoms with E-state index in [0.717, 1.165) is 12.3 Å². The van der Waals surface area contributed by atoms with Gasteiger partial charge < -0.3 is 15.2 Å². The van der Waals surface area contributed by atoms with Crippen molar-refractivity contribution in [2.24, 2.45) is 0 Å². The second kappa shape index (κ2) is 8.88. The normalized spacial score (nSPS) is 12.4. The van der Waals surface area contributed by atoms with Crippen LogP contribution in [-0.4, -0.2) is 42.9 Å². The molecule has 18 heavy (non-hydrogen) atoms. The number of hydrogen-bond donors (Lipinski definition) is 2. The maximum absolute atomic E-state index is 9.70. The molecule has 0 fully saturated rings. The molecule has 0 aliphatic rings. The summed E-state index contributed by atoms with van der Waals surface area (Å²) in [5, 5.41) is 13.9. The number of aliphatic hydroxyl groups is 1. The van der Waals surface area contributed by atoms with Gasteiger partial charge in [-0.05, 0) is 18.4 Å². The number of hydrogen-bond acceptors (Lipinski definition) is 4. The summed E-state index contributed by atoms with van der Waals surface area (Å²) in [6.45, 7) is 1.56. The van der Waals surface area contributed by atoms with Crippen molar-refractivity contribution in [2.75, 3.05) is 31.7 Å². The van der Waals surface area contributed by atoms with E-state index >= 15 is 0 Å². The van der Waals surface area contributed by atoms with Gasteiger partial charge in [0.15, 0.2) is 0 Å². The predicted octanol–water partition coefficient (Wildman–Crippen LogP) is 2.69. The Labute approximate surface area is 122 Å². The number of nitrogens with one attached hydrogen (secondary N) is 1. The number of thioether (sulfide) groups is 1. The molecule has 102 valence electrons. The highest BCUT2D eigenvalue weighted by Gasteiger charge is 2.07. The first-order valence-electron chi connectivity index (χ1n) is 5.59. The summed E-state index contributed by atoms with van der Waals surface area (Å²) < 4.78 is 5.42. The molecule has 0 spiro atoms. The number of halogens is 2. The average Bonchev–Trinajstić information content (AvgIpc) is 2.36. The topological polar surface area (TPSA) is 41.5 Å². The lowest BCUT2D eigenvalue weighted by Gasteiger charge is -2.14. The zero-order valence-electron chi connectivity index (χ0n) is 10.2. The summed E-state index contributed by atoms with van der Waals surface area (Å²) in [6.07, 6.45) is 1.48.